The second-order valence-corrected chi connectivity index (χ2v) is 15.2. The third-order valence-electron chi connectivity index (χ3n) is 8.55. The van der Waals surface area contributed by atoms with Crippen LogP contribution in [0.15, 0.2) is 48.6 Å². The van der Waals surface area contributed by atoms with Gasteiger partial charge in [-0.3, -0.25) is 23.4 Å². The summed E-state index contributed by atoms with van der Waals surface area (Å²) in [5, 5.41) is 8.87. The van der Waals surface area contributed by atoms with Gasteiger partial charge in [0.2, 0.25) is 0 Å². The molecule has 0 saturated carbocycles. The number of carbonyl (C=O) groups is 3. The third kappa shape index (κ3) is 36.4. The van der Waals surface area contributed by atoms with Crippen molar-refractivity contribution >= 4 is 25.7 Å². The number of carboxylic acids is 1. The number of phosphoric ester groups is 1. The Morgan fingerprint density at radius 3 is 1.56 bits per heavy atom. The number of rotatable bonds is 38. The largest absolute Gasteiger partial charge is 0.480 e. The Kier molecular flexibility index (Phi) is 35.6. The van der Waals surface area contributed by atoms with E-state index in [4.69, 9.17) is 24.8 Å². The number of carbonyl (C=O) groups excluding carboxylic acids is 2. The summed E-state index contributed by atoms with van der Waals surface area (Å²) in [7, 11) is -4.72. The van der Waals surface area contributed by atoms with Crippen LogP contribution in [0.3, 0.4) is 0 Å². The van der Waals surface area contributed by atoms with Crippen LogP contribution in [-0.4, -0.2) is 59.9 Å². The van der Waals surface area contributed by atoms with Crippen molar-refractivity contribution in [3.8, 4) is 0 Å². The normalized spacial score (nSPS) is 14.3. The first-order valence-electron chi connectivity index (χ1n) is 20.7. The van der Waals surface area contributed by atoms with Gasteiger partial charge in [-0.2, -0.15) is 0 Å². The van der Waals surface area contributed by atoms with Gasteiger partial charge in [-0.25, -0.2) is 4.57 Å². The molecular formula is C42H74NO10P. The Hall–Kier alpha value is -2.56. The molecule has 3 atom stereocenters. The molecule has 0 fully saturated rings. The van der Waals surface area contributed by atoms with Gasteiger partial charge in [-0.15, -0.1) is 0 Å². The fourth-order valence-corrected chi connectivity index (χ4v) is 6.02. The van der Waals surface area contributed by atoms with Gasteiger partial charge in [0.15, 0.2) is 6.10 Å². The maximum atomic E-state index is 12.6. The molecule has 1 unspecified atom stereocenters. The minimum Gasteiger partial charge on any atom is -0.480 e. The molecular weight excluding hydrogens is 709 g/mol. The molecule has 4 N–H and O–H groups in total. The fraction of sp³-hybridized carbons (Fsp3) is 0.738. The molecule has 312 valence electrons. The van der Waals surface area contributed by atoms with Crippen molar-refractivity contribution in [1.29, 1.82) is 0 Å². The van der Waals surface area contributed by atoms with E-state index in [1.807, 2.05) is 0 Å². The van der Waals surface area contributed by atoms with E-state index in [-0.39, 0.29) is 19.4 Å². The van der Waals surface area contributed by atoms with Crippen LogP contribution < -0.4 is 5.73 Å². The van der Waals surface area contributed by atoms with Gasteiger partial charge in [0.1, 0.15) is 12.6 Å². The summed E-state index contributed by atoms with van der Waals surface area (Å²) in [6.07, 6.45) is 40.3. The number of hydrogen-bond acceptors (Lipinski definition) is 9. The Morgan fingerprint density at radius 1 is 0.574 bits per heavy atom. The van der Waals surface area contributed by atoms with E-state index in [0.717, 1.165) is 57.8 Å². The van der Waals surface area contributed by atoms with E-state index in [2.05, 4.69) is 67.0 Å². The topological polar surface area (TPSA) is 172 Å². The van der Waals surface area contributed by atoms with Crippen molar-refractivity contribution in [2.45, 2.75) is 180 Å². The van der Waals surface area contributed by atoms with Crippen LogP contribution in [0, 0.1) is 0 Å². The molecule has 0 aliphatic heterocycles. The van der Waals surface area contributed by atoms with Crippen molar-refractivity contribution in [3.63, 3.8) is 0 Å². The number of aliphatic carboxylic acids is 1. The third-order valence-corrected chi connectivity index (χ3v) is 9.50. The molecule has 0 aromatic rings. The van der Waals surface area contributed by atoms with Gasteiger partial charge in [0, 0.05) is 12.8 Å². The van der Waals surface area contributed by atoms with Crippen molar-refractivity contribution in [2.75, 3.05) is 19.8 Å². The summed E-state index contributed by atoms with van der Waals surface area (Å²) in [6.45, 7) is 2.70. The van der Waals surface area contributed by atoms with Crippen LogP contribution in [0.25, 0.3) is 0 Å². The highest BCUT2D eigenvalue weighted by Crippen LogP contribution is 2.43. The standard InChI is InChI=1S/C42H74NO10P/c1-3-5-7-9-11-13-15-17-19-21-23-25-27-29-31-33-40(44)50-35-38(36-51-54(48,49)52-37-39(43)42(46)47)53-41(45)34-32-30-28-26-24-22-20-18-16-14-12-10-8-6-4-2/h12-15,18,20,24,26,38-39H,3-11,16-17,19,21-23,25,27-37,43H2,1-2H3,(H,46,47)(H,48,49)/b14-12-,15-13-,20-18-,26-24-/t38-,39+/m1/s1. The lowest BCUT2D eigenvalue weighted by Gasteiger charge is -2.20. The highest BCUT2D eigenvalue weighted by Gasteiger charge is 2.28. The van der Waals surface area contributed by atoms with E-state index < -0.39 is 51.1 Å². The molecule has 0 aliphatic rings. The van der Waals surface area contributed by atoms with Crippen molar-refractivity contribution in [2.24, 2.45) is 5.73 Å². The molecule has 0 bridgehead atoms. The molecule has 0 aromatic carbocycles. The highest BCUT2D eigenvalue weighted by atomic mass is 31.2. The monoisotopic (exact) mass is 784 g/mol. The zero-order valence-corrected chi connectivity index (χ0v) is 34.4. The van der Waals surface area contributed by atoms with E-state index in [1.54, 1.807) is 0 Å². The lowest BCUT2D eigenvalue weighted by Crippen LogP contribution is -2.34. The zero-order chi connectivity index (χ0) is 40.0. The van der Waals surface area contributed by atoms with Crippen molar-refractivity contribution in [1.82, 2.24) is 0 Å². The molecule has 0 heterocycles. The van der Waals surface area contributed by atoms with Crippen LogP contribution in [-0.2, 0) is 37.5 Å². The summed E-state index contributed by atoms with van der Waals surface area (Å²) < 4.78 is 32.6. The summed E-state index contributed by atoms with van der Waals surface area (Å²) in [5.74, 6) is -2.44. The van der Waals surface area contributed by atoms with Gasteiger partial charge < -0.3 is 25.2 Å². The van der Waals surface area contributed by atoms with E-state index >= 15 is 0 Å². The fourth-order valence-electron chi connectivity index (χ4n) is 5.24. The predicted molar refractivity (Wildman–Crippen MR) is 217 cm³/mol. The van der Waals surface area contributed by atoms with Crippen LogP contribution in [0.4, 0.5) is 0 Å². The first-order valence-corrected chi connectivity index (χ1v) is 22.2. The summed E-state index contributed by atoms with van der Waals surface area (Å²) in [6, 6.07) is -1.53. The van der Waals surface area contributed by atoms with E-state index in [1.165, 1.54) is 70.6 Å². The quantitative estimate of drug-likeness (QED) is 0.0235. The van der Waals surface area contributed by atoms with E-state index in [0.29, 0.717) is 12.8 Å². The molecule has 0 radical (unpaired) electrons. The predicted octanol–water partition coefficient (Wildman–Crippen LogP) is 10.6. The van der Waals surface area contributed by atoms with Gasteiger partial charge >= 0.3 is 25.7 Å². The lowest BCUT2D eigenvalue weighted by atomic mass is 10.1. The van der Waals surface area contributed by atoms with E-state index in [9.17, 15) is 23.8 Å². The van der Waals surface area contributed by atoms with Gasteiger partial charge in [0.25, 0.3) is 0 Å². The Morgan fingerprint density at radius 2 is 0.981 bits per heavy atom. The van der Waals surface area contributed by atoms with Crippen molar-refractivity contribution in [3.05, 3.63) is 48.6 Å². The van der Waals surface area contributed by atoms with Gasteiger partial charge in [-0.05, 0) is 77.0 Å². The summed E-state index contributed by atoms with van der Waals surface area (Å²) in [5.41, 5.74) is 5.32. The van der Waals surface area contributed by atoms with Crippen LogP contribution in [0.2, 0.25) is 0 Å². The number of carboxylic acid groups (broad SMARTS) is 1. The number of allylic oxidation sites excluding steroid dienone is 8. The second-order valence-electron chi connectivity index (χ2n) is 13.8. The second kappa shape index (κ2) is 37.4. The van der Waals surface area contributed by atoms with Gasteiger partial charge in [-0.1, -0.05) is 127 Å². The number of unbranched alkanes of at least 4 members (excludes halogenated alkanes) is 16. The lowest BCUT2D eigenvalue weighted by molar-refractivity contribution is -0.161. The number of ether oxygens (including phenoxy) is 2. The molecule has 0 saturated heterocycles. The summed E-state index contributed by atoms with van der Waals surface area (Å²) in [4.78, 5) is 45.8. The Bertz CT molecular complexity index is 1110. The Labute approximate surface area is 326 Å². The molecule has 54 heavy (non-hydrogen) atoms. The molecule has 11 nitrogen and oxygen atoms in total. The molecule has 0 spiro atoms. The molecule has 12 heteroatoms. The van der Waals surface area contributed by atoms with Gasteiger partial charge in [0.05, 0.1) is 13.2 Å². The summed E-state index contributed by atoms with van der Waals surface area (Å²) >= 11 is 0. The maximum absolute atomic E-state index is 12.6. The van der Waals surface area contributed by atoms with Crippen LogP contribution in [0.5, 0.6) is 0 Å². The number of esters is 2. The first kappa shape index (κ1) is 51.4. The maximum Gasteiger partial charge on any atom is 0.472 e. The number of hydrogen-bond donors (Lipinski definition) is 3. The minimum absolute atomic E-state index is 0.110. The Balaban J connectivity index is 4.48. The van der Waals surface area contributed by atoms with Crippen LogP contribution in [0.1, 0.15) is 168 Å². The van der Waals surface area contributed by atoms with Crippen LogP contribution >= 0.6 is 7.82 Å². The molecule has 0 aromatic heterocycles. The number of nitrogens with two attached hydrogens (primary N) is 1. The molecule has 0 amide bonds. The average Bonchev–Trinajstić information content (AvgIpc) is 3.14. The number of phosphoric acid groups is 1. The first-order chi connectivity index (χ1) is 26.1. The molecule has 0 rings (SSSR count). The highest BCUT2D eigenvalue weighted by molar-refractivity contribution is 7.47. The minimum atomic E-state index is -4.72. The smallest absolute Gasteiger partial charge is 0.472 e. The zero-order valence-electron chi connectivity index (χ0n) is 33.6. The van der Waals surface area contributed by atoms with Crippen molar-refractivity contribution < 1.29 is 47.5 Å². The SMILES string of the molecule is CCCCC/C=C\C/C=C\C/C=C\CCCCC(=O)O[C@H](COC(=O)CCCCCCCCC/C=C\CCCCCC)COP(=O)(O)OC[C@H](N)C(=O)O. The molecule has 0 aliphatic carbocycles. The average molecular weight is 784 g/mol.